The summed E-state index contributed by atoms with van der Waals surface area (Å²) in [6, 6.07) is 18.9. The van der Waals surface area contributed by atoms with E-state index in [0.717, 1.165) is 35.8 Å². The average Bonchev–Trinajstić information content (AvgIpc) is 3.17. The van der Waals surface area contributed by atoms with E-state index in [2.05, 4.69) is 53.5 Å². The molecule has 122 valence electrons. The number of rotatable bonds is 4. The van der Waals surface area contributed by atoms with Crippen molar-refractivity contribution in [3.63, 3.8) is 0 Å². The third kappa shape index (κ3) is 2.92. The van der Waals surface area contributed by atoms with E-state index in [1.54, 1.807) is 0 Å². The first-order valence-electron chi connectivity index (χ1n) is 8.64. The number of anilines is 2. The zero-order chi connectivity index (χ0) is 16.4. The molecule has 1 saturated heterocycles. The molecule has 1 fully saturated rings. The predicted octanol–water partition coefficient (Wildman–Crippen LogP) is 4.40. The van der Waals surface area contributed by atoms with Crippen molar-refractivity contribution < 1.29 is 0 Å². The highest BCUT2D eigenvalue weighted by molar-refractivity contribution is 5.90. The van der Waals surface area contributed by atoms with Crippen LogP contribution in [0.3, 0.4) is 0 Å². The standard InChI is InChI=1S/C20H22N4/c1-15(16-9-3-2-4-10-16)21-19-17-11-5-6-12-18(17)22-20(23-19)24-13-7-8-14-24/h2-6,9-12,15H,7-8,13-14H2,1H3,(H,21,22,23)/t15-/m0/s1. The molecule has 1 atom stereocenters. The molecule has 3 aromatic rings. The summed E-state index contributed by atoms with van der Waals surface area (Å²) >= 11 is 0. The molecule has 24 heavy (non-hydrogen) atoms. The van der Waals surface area contributed by atoms with Gasteiger partial charge in [-0.25, -0.2) is 4.98 Å². The Labute approximate surface area is 142 Å². The van der Waals surface area contributed by atoms with Crippen molar-refractivity contribution in [2.75, 3.05) is 23.3 Å². The highest BCUT2D eigenvalue weighted by atomic mass is 15.3. The fourth-order valence-electron chi connectivity index (χ4n) is 3.26. The molecule has 2 aromatic carbocycles. The van der Waals surface area contributed by atoms with Gasteiger partial charge < -0.3 is 10.2 Å². The van der Waals surface area contributed by atoms with Gasteiger partial charge in [0, 0.05) is 24.5 Å². The van der Waals surface area contributed by atoms with E-state index in [0.29, 0.717) is 0 Å². The van der Waals surface area contributed by atoms with Crippen LogP contribution in [0.4, 0.5) is 11.8 Å². The Morgan fingerprint density at radius 1 is 0.917 bits per heavy atom. The molecule has 0 saturated carbocycles. The van der Waals surface area contributed by atoms with Crippen LogP contribution in [0.1, 0.15) is 31.4 Å². The molecule has 0 unspecified atom stereocenters. The van der Waals surface area contributed by atoms with Gasteiger partial charge in [0.2, 0.25) is 5.95 Å². The highest BCUT2D eigenvalue weighted by Gasteiger charge is 2.18. The summed E-state index contributed by atoms with van der Waals surface area (Å²) in [4.78, 5) is 11.9. The summed E-state index contributed by atoms with van der Waals surface area (Å²) in [6.45, 7) is 4.26. The fourth-order valence-corrected chi connectivity index (χ4v) is 3.26. The van der Waals surface area contributed by atoms with Gasteiger partial charge in [-0.05, 0) is 37.5 Å². The lowest BCUT2D eigenvalue weighted by Gasteiger charge is -2.20. The first-order chi connectivity index (χ1) is 11.8. The molecule has 0 amide bonds. The van der Waals surface area contributed by atoms with Crippen LogP contribution >= 0.6 is 0 Å². The smallest absolute Gasteiger partial charge is 0.227 e. The highest BCUT2D eigenvalue weighted by Crippen LogP contribution is 2.28. The monoisotopic (exact) mass is 318 g/mol. The topological polar surface area (TPSA) is 41.1 Å². The third-order valence-corrected chi connectivity index (χ3v) is 4.63. The Hall–Kier alpha value is -2.62. The van der Waals surface area contributed by atoms with E-state index in [9.17, 15) is 0 Å². The second-order valence-electron chi connectivity index (χ2n) is 6.36. The molecule has 0 aliphatic carbocycles. The molecule has 0 radical (unpaired) electrons. The predicted molar refractivity (Wildman–Crippen MR) is 99.5 cm³/mol. The van der Waals surface area contributed by atoms with Crippen molar-refractivity contribution >= 4 is 22.7 Å². The average molecular weight is 318 g/mol. The van der Waals surface area contributed by atoms with Gasteiger partial charge in [-0.2, -0.15) is 4.98 Å². The second-order valence-corrected chi connectivity index (χ2v) is 6.36. The van der Waals surface area contributed by atoms with E-state index < -0.39 is 0 Å². The van der Waals surface area contributed by atoms with Crippen molar-refractivity contribution in [2.24, 2.45) is 0 Å². The molecule has 2 heterocycles. The number of nitrogens with zero attached hydrogens (tertiary/aromatic N) is 3. The van der Waals surface area contributed by atoms with Gasteiger partial charge >= 0.3 is 0 Å². The summed E-state index contributed by atoms with van der Waals surface area (Å²) in [5.74, 6) is 1.76. The SMILES string of the molecule is C[C@H](Nc1nc(N2CCCC2)nc2ccccc12)c1ccccc1. The van der Waals surface area contributed by atoms with E-state index in [-0.39, 0.29) is 6.04 Å². The minimum Gasteiger partial charge on any atom is -0.363 e. The largest absolute Gasteiger partial charge is 0.363 e. The van der Waals surface area contributed by atoms with Gasteiger partial charge in [-0.3, -0.25) is 0 Å². The number of para-hydroxylation sites is 1. The van der Waals surface area contributed by atoms with Gasteiger partial charge in [0.25, 0.3) is 0 Å². The van der Waals surface area contributed by atoms with Gasteiger partial charge in [-0.15, -0.1) is 0 Å². The van der Waals surface area contributed by atoms with Crippen LogP contribution in [0, 0.1) is 0 Å². The Bertz CT molecular complexity index is 825. The molecule has 0 spiro atoms. The minimum atomic E-state index is 0.191. The van der Waals surface area contributed by atoms with Gasteiger partial charge in [0.1, 0.15) is 5.82 Å². The van der Waals surface area contributed by atoms with Crippen LogP contribution in [-0.2, 0) is 0 Å². The number of nitrogens with one attached hydrogen (secondary N) is 1. The zero-order valence-electron chi connectivity index (χ0n) is 13.9. The van der Waals surface area contributed by atoms with E-state index in [1.807, 2.05) is 18.2 Å². The summed E-state index contributed by atoms with van der Waals surface area (Å²) in [5.41, 5.74) is 2.25. The Balaban J connectivity index is 1.72. The molecule has 1 aromatic heterocycles. The lowest BCUT2D eigenvalue weighted by atomic mass is 10.1. The molecule has 0 bridgehead atoms. The number of fused-ring (bicyclic) bond motifs is 1. The van der Waals surface area contributed by atoms with E-state index >= 15 is 0 Å². The molecular weight excluding hydrogens is 296 g/mol. The quantitative estimate of drug-likeness (QED) is 0.774. The summed E-state index contributed by atoms with van der Waals surface area (Å²) in [6.07, 6.45) is 2.44. The van der Waals surface area contributed by atoms with Crippen molar-refractivity contribution in [1.29, 1.82) is 0 Å². The summed E-state index contributed by atoms with van der Waals surface area (Å²) in [7, 11) is 0. The number of aromatic nitrogens is 2. The lowest BCUT2D eigenvalue weighted by molar-refractivity contribution is 0.863. The van der Waals surface area contributed by atoms with Crippen LogP contribution in [0.2, 0.25) is 0 Å². The Kier molecular flexibility index (Phi) is 4.03. The van der Waals surface area contributed by atoms with Crippen molar-refractivity contribution in [1.82, 2.24) is 9.97 Å². The molecule has 1 aliphatic heterocycles. The van der Waals surface area contributed by atoms with Crippen LogP contribution in [0.25, 0.3) is 10.9 Å². The van der Waals surface area contributed by atoms with Gasteiger partial charge in [0.15, 0.2) is 0 Å². The van der Waals surface area contributed by atoms with Crippen LogP contribution in [-0.4, -0.2) is 23.1 Å². The number of hydrogen-bond donors (Lipinski definition) is 1. The first kappa shape index (κ1) is 14.9. The molecule has 4 rings (SSSR count). The fraction of sp³-hybridized carbons (Fsp3) is 0.300. The van der Waals surface area contributed by atoms with Gasteiger partial charge in [0.05, 0.1) is 5.52 Å². The number of benzene rings is 2. The van der Waals surface area contributed by atoms with Crippen molar-refractivity contribution in [3.8, 4) is 0 Å². The molecule has 1 aliphatic rings. The third-order valence-electron chi connectivity index (χ3n) is 4.63. The maximum absolute atomic E-state index is 4.85. The zero-order valence-corrected chi connectivity index (χ0v) is 13.9. The molecule has 4 heteroatoms. The van der Waals surface area contributed by atoms with Gasteiger partial charge in [-0.1, -0.05) is 42.5 Å². The van der Waals surface area contributed by atoms with Crippen molar-refractivity contribution in [2.45, 2.75) is 25.8 Å². The minimum absolute atomic E-state index is 0.191. The molecular formula is C20H22N4. The Morgan fingerprint density at radius 2 is 1.62 bits per heavy atom. The summed E-state index contributed by atoms with van der Waals surface area (Å²) < 4.78 is 0. The number of hydrogen-bond acceptors (Lipinski definition) is 4. The van der Waals surface area contributed by atoms with E-state index in [4.69, 9.17) is 9.97 Å². The Morgan fingerprint density at radius 3 is 2.42 bits per heavy atom. The maximum atomic E-state index is 4.85. The van der Waals surface area contributed by atoms with Crippen LogP contribution < -0.4 is 10.2 Å². The lowest BCUT2D eigenvalue weighted by Crippen LogP contribution is -2.21. The first-order valence-corrected chi connectivity index (χ1v) is 8.64. The van der Waals surface area contributed by atoms with Crippen LogP contribution in [0.15, 0.2) is 54.6 Å². The van der Waals surface area contributed by atoms with E-state index in [1.165, 1.54) is 18.4 Å². The normalized spacial score (nSPS) is 15.6. The van der Waals surface area contributed by atoms with Crippen molar-refractivity contribution in [3.05, 3.63) is 60.2 Å². The van der Waals surface area contributed by atoms with Crippen LogP contribution in [0.5, 0.6) is 0 Å². The molecule has 1 N–H and O–H groups in total. The second kappa shape index (κ2) is 6.48. The summed E-state index contributed by atoms with van der Waals surface area (Å²) in [5, 5.41) is 4.66. The molecule has 4 nitrogen and oxygen atoms in total. The maximum Gasteiger partial charge on any atom is 0.227 e.